The van der Waals surface area contributed by atoms with Crippen molar-refractivity contribution in [1.29, 1.82) is 0 Å². The number of fused-ring (bicyclic) bond motifs is 1. The van der Waals surface area contributed by atoms with Gasteiger partial charge < -0.3 is 21.0 Å². The zero-order valence-corrected chi connectivity index (χ0v) is 20.9. The van der Waals surface area contributed by atoms with Gasteiger partial charge in [-0.25, -0.2) is 9.78 Å². The first-order chi connectivity index (χ1) is 16.8. The molecule has 0 saturated carbocycles. The van der Waals surface area contributed by atoms with Gasteiger partial charge >= 0.3 is 5.97 Å². The van der Waals surface area contributed by atoms with Gasteiger partial charge in [-0.15, -0.1) is 23.1 Å². The normalized spacial score (nSPS) is 20.0. The van der Waals surface area contributed by atoms with Crippen molar-refractivity contribution in [2.75, 3.05) is 18.6 Å². The van der Waals surface area contributed by atoms with E-state index in [-0.39, 0.29) is 22.2 Å². The number of β-lactam (4-membered cyclic amide) rings is 1. The van der Waals surface area contributed by atoms with Gasteiger partial charge in [-0.05, 0) is 30.0 Å². The number of aliphatic carboxylic acids is 1. The number of carbonyl (C=O) groups is 3. The van der Waals surface area contributed by atoms with Crippen molar-refractivity contribution in [3.05, 3.63) is 56.7 Å². The third-order valence-corrected chi connectivity index (χ3v) is 8.02. The maximum absolute atomic E-state index is 12.9. The summed E-state index contributed by atoms with van der Waals surface area (Å²) < 4.78 is 0. The van der Waals surface area contributed by atoms with Crippen LogP contribution in [0.4, 0.5) is 5.13 Å². The van der Waals surface area contributed by atoms with E-state index < -0.39 is 29.2 Å². The molecule has 2 aliphatic rings. The molecule has 1 unspecified atom stereocenters. The molecule has 0 aliphatic carbocycles. The molecule has 0 bridgehead atoms. The van der Waals surface area contributed by atoms with E-state index in [1.165, 1.54) is 35.5 Å². The molecular formula is C21H20N6O5S3. The highest BCUT2D eigenvalue weighted by atomic mass is 32.2. The number of carbonyl (C=O) groups excluding carboxylic acids is 2. The molecule has 1 saturated heterocycles. The van der Waals surface area contributed by atoms with Crippen LogP contribution in [0.3, 0.4) is 0 Å². The van der Waals surface area contributed by atoms with E-state index in [0.29, 0.717) is 10.7 Å². The number of anilines is 1. The molecule has 2 atom stereocenters. The molecule has 0 radical (unpaired) electrons. The van der Waals surface area contributed by atoms with Gasteiger partial charge in [-0.3, -0.25) is 19.5 Å². The first-order valence-electron chi connectivity index (χ1n) is 10.1. The maximum atomic E-state index is 12.9. The molecule has 2 aliphatic heterocycles. The number of thiazole rings is 1. The molecule has 4 N–H and O–H groups in total. The van der Waals surface area contributed by atoms with Crippen LogP contribution in [-0.4, -0.2) is 67.7 Å². The van der Waals surface area contributed by atoms with Crippen LogP contribution in [0.1, 0.15) is 17.0 Å². The highest BCUT2D eigenvalue weighted by Crippen LogP contribution is 2.43. The Morgan fingerprint density at radius 1 is 1.43 bits per heavy atom. The summed E-state index contributed by atoms with van der Waals surface area (Å²) in [4.78, 5) is 52.5. The Kier molecular flexibility index (Phi) is 7.42. The molecule has 0 aromatic carbocycles. The fourth-order valence-electron chi connectivity index (χ4n) is 3.36. The highest BCUT2D eigenvalue weighted by Gasteiger charge is 2.54. The average molecular weight is 533 g/mol. The van der Waals surface area contributed by atoms with Crippen molar-refractivity contribution in [3.63, 3.8) is 0 Å². The van der Waals surface area contributed by atoms with E-state index in [4.69, 9.17) is 10.6 Å². The molecule has 0 spiro atoms. The quantitative estimate of drug-likeness (QED) is 0.260. The lowest BCUT2D eigenvalue weighted by molar-refractivity contribution is -0.150. The Balaban J connectivity index is 1.48. The van der Waals surface area contributed by atoms with Crippen molar-refractivity contribution in [2.24, 2.45) is 5.16 Å². The Hall–Kier alpha value is -3.36. The lowest BCUT2D eigenvalue weighted by Crippen LogP contribution is -2.71. The molecule has 1 fully saturated rings. The average Bonchev–Trinajstić information content (AvgIpc) is 3.27. The molecule has 14 heteroatoms. The monoisotopic (exact) mass is 532 g/mol. The zero-order valence-electron chi connectivity index (χ0n) is 18.5. The fraction of sp³-hybridized carbons (Fsp3) is 0.238. The lowest BCUT2D eigenvalue weighted by atomic mass is 10.0. The van der Waals surface area contributed by atoms with Gasteiger partial charge in [0.1, 0.15) is 29.9 Å². The highest BCUT2D eigenvalue weighted by molar-refractivity contribution is 8.08. The van der Waals surface area contributed by atoms with E-state index in [1.54, 1.807) is 17.0 Å². The Labute approximate surface area is 212 Å². The standard InChI is InChI=1S/C21H20N6O5S3/c1-10-3-4-11(7-23-10)5-6-33-13-9-34-19-15(18(29)27(19)16(13)20(30)31)25-17(28)14(26-32-2)12-8-35-21(22)24-12/h3-8,15,19H,9H2,1-2H3,(H2,22,24)(H,25,28)(H,30,31)/b6-5-,26-14?/t15?,19-/m1/s1. The summed E-state index contributed by atoms with van der Waals surface area (Å²) in [6, 6.07) is 2.87. The van der Waals surface area contributed by atoms with Gasteiger partial charge in [-0.2, -0.15) is 0 Å². The summed E-state index contributed by atoms with van der Waals surface area (Å²) in [5.41, 5.74) is 7.41. The minimum Gasteiger partial charge on any atom is -0.477 e. The predicted molar refractivity (Wildman–Crippen MR) is 135 cm³/mol. The molecule has 2 aromatic heterocycles. The SMILES string of the molecule is CON=C(C(=O)NC1C(=O)N2C(C(=O)O)=C(S/C=C\c3ccc(C)nc3)CS[C@H]12)c1csc(N)n1. The van der Waals surface area contributed by atoms with Crippen LogP contribution in [0.15, 0.2) is 44.9 Å². The molecule has 182 valence electrons. The third kappa shape index (κ3) is 5.18. The van der Waals surface area contributed by atoms with Gasteiger partial charge in [0.05, 0.1) is 0 Å². The summed E-state index contributed by atoms with van der Waals surface area (Å²) >= 11 is 3.73. The van der Waals surface area contributed by atoms with Crippen molar-refractivity contribution in [2.45, 2.75) is 18.3 Å². The van der Waals surface area contributed by atoms with Crippen molar-refractivity contribution in [3.8, 4) is 0 Å². The van der Waals surface area contributed by atoms with E-state index in [9.17, 15) is 19.5 Å². The topological polar surface area (TPSA) is 160 Å². The number of pyridine rings is 1. The molecule has 4 heterocycles. The molecule has 4 rings (SSSR count). The second-order valence-corrected chi connectivity index (χ2v) is 10.3. The van der Waals surface area contributed by atoms with Crippen LogP contribution in [0.5, 0.6) is 0 Å². The smallest absolute Gasteiger partial charge is 0.353 e. The number of oxime groups is 1. The number of thioether (sulfide) groups is 2. The van der Waals surface area contributed by atoms with Crippen LogP contribution in [0.25, 0.3) is 6.08 Å². The number of rotatable bonds is 8. The number of nitrogens with one attached hydrogen (secondary N) is 1. The second kappa shape index (κ2) is 10.5. The molecule has 35 heavy (non-hydrogen) atoms. The van der Waals surface area contributed by atoms with Crippen LogP contribution >= 0.6 is 34.9 Å². The Morgan fingerprint density at radius 2 is 2.23 bits per heavy atom. The minimum atomic E-state index is -1.21. The summed E-state index contributed by atoms with van der Waals surface area (Å²) in [5, 5.41) is 19.2. The van der Waals surface area contributed by atoms with Crippen LogP contribution in [0.2, 0.25) is 0 Å². The van der Waals surface area contributed by atoms with Crippen molar-refractivity contribution >= 4 is 69.6 Å². The number of nitrogens with zero attached hydrogens (tertiary/aromatic N) is 4. The van der Waals surface area contributed by atoms with E-state index in [0.717, 1.165) is 22.6 Å². The minimum absolute atomic E-state index is 0.0843. The Bertz CT molecular complexity index is 1260. The first-order valence-corrected chi connectivity index (χ1v) is 12.9. The number of amides is 2. The van der Waals surface area contributed by atoms with Gasteiger partial charge in [0, 0.05) is 27.9 Å². The number of nitrogens with two attached hydrogens (primary N) is 1. The molecular weight excluding hydrogens is 512 g/mol. The predicted octanol–water partition coefficient (Wildman–Crippen LogP) is 1.88. The van der Waals surface area contributed by atoms with E-state index in [2.05, 4.69) is 20.4 Å². The molecule has 2 amide bonds. The van der Waals surface area contributed by atoms with Gasteiger partial charge in [0.2, 0.25) is 0 Å². The van der Waals surface area contributed by atoms with E-state index >= 15 is 0 Å². The molecule has 2 aromatic rings. The number of nitrogen functional groups attached to an aromatic ring is 1. The van der Waals surface area contributed by atoms with Gasteiger partial charge in [-0.1, -0.05) is 23.0 Å². The number of carboxylic acids is 1. The largest absolute Gasteiger partial charge is 0.477 e. The van der Waals surface area contributed by atoms with Gasteiger partial charge in [0.15, 0.2) is 10.8 Å². The van der Waals surface area contributed by atoms with Crippen LogP contribution in [0, 0.1) is 6.92 Å². The molecule has 11 nitrogen and oxygen atoms in total. The van der Waals surface area contributed by atoms with Crippen molar-refractivity contribution in [1.82, 2.24) is 20.2 Å². The summed E-state index contributed by atoms with van der Waals surface area (Å²) in [6.45, 7) is 1.89. The van der Waals surface area contributed by atoms with Crippen LogP contribution < -0.4 is 11.1 Å². The Morgan fingerprint density at radius 3 is 2.86 bits per heavy atom. The summed E-state index contributed by atoms with van der Waals surface area (Å²) in [6.07, 6.45) is 3.54. The fourth-order valence-corrected chi connectivity index (χ4v) is 6.26. The first kappa shape index (κ1) is 24.8. The van der Waals surface area contributed by atoms with Gasteiger partial charge in [0.25, 0.3) is 11.8 Å². The zero-order chi connectivity index (χ0) is 25.1. The summed E-state index contributed by atoms with van der Waals surface area (Å²) in [5.74, 6) is -2.04. The van der Waals surface area contributed by atoms with E-state index in [1.807, 2.05) is 25.1 Å². The number of hydrogen-bond acceptors (Lipinski definition) is 11. The number of carboxylic acid groups (broad SMARTS) is 1. The second-order valence-electron chi connectivity index (χ2n) is 7.28. The number of aromatic nitrogens is 2. The van der Waals surface area contributed by atoms with Crippen molar-refractivity contribution < 1.29 is 24.3 Å². The lowest BCUT2D eigenvalue weighted by Gasteiger charge is -2.49. The summed E-state index contributed by atoms with van der Waals surface area (Å²) in [7, 11) is 1.28. The maximum Gasteiger partial charge on any atom is 0.353 e. The third-order valence-electron chi connectivity index (χ3n) is 4.99. The van der Waals surface area contributed by atoms with Crippen LogP contribution in [-0.2, 0) is 19.2 Å². The number of aryl methyl sites for hydroxylation is 1. The number of hydrogen-bond donors (Lipinski definition) is 3.